The second kappa shape index (κ2) is 16.3. The van der Waals surface area contributed by atoms with Crippen LogP contribution in [0.4, 0.5) is 34.1 Å². The largest absolute Gasteiger partial charge is 0.311 e. The highest BCUT2D eigenvalue weighted by atomic mass is 15.2. The second-order valence-corrected chi connectivity index (χ2v) is 26.7. The van der Waals surface area contributed by atoms with Crippen molar-refractivity contribution in [2.75, 3.05) is 9.80 Å². The summed E-state index contributed by atoms with van der Waals surface area (Å²) in [6.45, 7) is 28.3. The van der Waals surface area contributed by atoms with E-state index in [9.17, 15) is 0 Å². The van der Waals surface area contributed by atoms with E-state index in [-0.39, 0.29) is 28.4 Å². The van der Waals surface area contributed by atoms with Crippen LogP contribution in [0.2, 0.25) is 0 Å². The molecule has 0 fully saturated rings. The summed E-state index contributed by atoms with van der Waals surface area (Å²) in [6.07, 6.45) is 0. The Morgan fingerprint density at radius 2 is 0.662 bits per heavy atom. The lowest BCUT2D eigenvalue weighted by molar-refractivity contribution is 0.568. The van der Waals surface area contributed by atoms with Crippen molar-refractivity contribution in [1.29, 1.82) is 0 Å². The minimum Gasteiger partial charge on any atom is -0.311 e. The molecule has 0 unspecified atom stereocenters. The first-order valence-electron chi connectivity index (χ1n) is 27.9. The fourth-order valence-corrected chi connectivity index (χ4v) is 13.3. The predicted octanol–water partition coefficient (Wildman–Crippen LogP) is 19.0. The van der Waals surface area contributed by atoms with Gasteiger partial charge in [-0.15, -0.1) is 0 Å². The third kappa shape index (κ3) is 7.29. The summed E-state index contributed by atoms with van der Waals surface area (Å²) < 4.78 is 0. The first kappa shape index (κ1) is 47.6. The summed E-state index contributed by atoms with van der Waals surface area (Å²) >= 11 is 0. The summed E-state index contributed by atoms with van der Waals surface area (Å²) in [6, 6.07) is 73.5. The Morgan fingerprint density at radius 3 is 1.10 bits per heavy atom. The second-order valence-electron chi connectivity index (χ2n) is 26.7. The SMILES string of the molecule is CC(C)(C)c1cc(N2c3cc(-c4cc5cccc6c7cccc8cccc(c(c4)c56)c87)cc4c3B(c3ccc5ccccc5c32)c2ccc3ccccc3c2N4c2cc(C(C)(C)C)cc(C(C)(C)C)c2)cc(C(C)(C)C)c1. The van der Waals surface area contributed by atoms with Crippen molar-refractivity contribution in [3.63, 3.8) is 0 Å². The molecule has 0 saturated heterocycles. The van der Waals surface area contributed by atoms with Crippen LogP contribution >= 0.6 is 0 Å². The summed E-state index contributed by atoms with van der Waals surface area (Å²) in [5, 5.41) is 15.4. The molecule has 0 aromatic heterocycles. The molecule has 0 bridgehead atoms. The molecule has 3 heteroatoms. The molecule has 12 aromatic rings. The summed E-state index contributed by atoms with van der Waals surface area (Å²) in [5.74, 6) is 0. The van der Waals surface area contributed by atoms with Crippen molar-refractivity contribution >= 4 is 122 Å². The van der Waals surface area contributed by atoms with Crippen LogP contribution in [-0.4, -0.2) is 6.71 Å². The molecule has 0 atom stereocenters. The Labute approximate surface area is 455 Å². The molecule has 14 rings (SSSR count). The van der Waals surface area contributed by atoms with E-state index >= 15 is 0 Å². The summed E-state index contributed by atoms with van der Waals surface area (Å²) in [4.78, 5) is 5.38. The Balaban J connectivity index is 1.18. The van der Waals surface area contributed by atoms with Crippen LogP contribution in [0.3, 0.4) is 0 Å². The van der Waals surface area contributed by atoms with Crippen molar-refractivity contribution in [1.82, 2.24) is 0 Å². The van der Waals surface area contributed by atoms with E-state index in [1.165, 1.54) is 149 Å². The number of hydrogen-bond acceptors (Lipinski definition) is 2. The standard InChI is InChI=1S/C74H67BN2/c1-71(2,3)50-38-51(72(4,5)6)41-54(40-50)76-64-36-49(48-34-47-24-19-28-59-58-27-17-22-46-23-18-29-60(66(46)58)61(35-48)67(47)59)37-65-68(64)75(62-32-30-44-20-13-15-25-56(44)69(62)76)63-33-31-45-21-14-16-26-57(45)70(63)77(65)55-42-52(73(7,8)9)39-53(43-55)74(10,11)12/h13-43H,1-12H3. The van der Waals surface area contributed by atoms with Gasteiger partial charge in [-0.3, -0.25) is 0 Å². The fourth-order valence-electron chi connectivity index (χ4n) is 13.3. The van der Waals surface area contributed by atoms with Gasteiger partial charge in [-0.2, -0.15) is 0 Å². The number of hydrogen-bond donors (Lipinski definition) is 0. The average Bonchev–Trinajstić information content (AvgIpc) is 3.41. The van der Waals surface area contributed by atoms with Gasteiger partial charge in [-0.1, -0.05) is 223 Å². The van der Waals surface area contributed by atoms with Crippen molar-refractivity contribution in [3.05, 3.63) is 210 Å². The van der Waals surface area contributed by atoms with Crippen LogP contribution in [0.5, 0.6) is 0 Å². The maximum Gasteiger partial charge on any atom is 0.252 e. The highest BCUT2D eigenvalue weighted by Gasteiger charge is 2.45. The van der Waals surface area contributed by atoms with E-state index in [0.29, 0.717) is 0 Å². The predicted molar refractivity (Wildman–Crippen MR) is 337 cm³/mol. The van der Waals surface area contributed by atoms with Crippen LogP contribution in [0.15, 0.2) is 188 Å². The molecule has 2 aliphatic rings. The highest BCUT2D eigenvalue weighted by Crippen LogP contribution is 2.52. The highest BCUT2D eigenvalue weighted by molar-refractivity contribution is 7.00. The summed E-state index contributed by atoms with van der Waals surface area (Å²) in [7, 11) is 0. The number of nitrogens with zero attached hydrogens (tertiary/aromatic N) is 2. The molecule has 0 radical (unpaired) electrons. The maximum atomic E-state index is 2.69. The third-order valence-electron chi connectivity index (χ3n) is 17.5. The van der Waals surface area contributed by atoms with Crippen LogP contribution in [0.1, 0.15) is 105 Å². The van der Waals surface area contributed by atoms with Gasteiger partial charge in [0.1, 0.15) is 0 Å². The molecule has 0 N–H and O–H groups in total. The van der Waals surface area contributed by atoms with Gasteiger partial charge in [-0.25, -0.2) is 0 Å². The lowest BCUT2D eigenvalue weighted by atomic mass is 9.33. The molecule has 2 heterocycles. The van der Waals surface area contributed by atoms with E-state index < -0.39 is 0 Å². The number of benzene rings is 12. The molecular weight excluding hydrogens is 928 g/mol. The van der Waals surface area contributed by atoms with E-state index in [0.717, 1.165) is 0 Å². The van der Waals surface area contributed by atoms with Gasteiger partial charge in [0.05, 0.1) is 0 Å². The zero-order valence-corrected chi connectivity index (χ0v) is 46.9. The minimum atomic E-state index is -0.0936. The first-order valence-corrected chi connectivity index (χ1v) is 27.9. The van der Waals surface area contributed by atoms with Crippen molar-refractivity contribution in [3.8, 4) is 11.1 Å². The smallest absolute Gasteiger partial charge is 0.252 e. The first-order chi connectivity index (χ1) is 36.7. The fraction of sp³-hybridized carbons (Fsp3) is 0.216. The molecule has 77 heavy (non-hydrogen) atoms. The molecule has 376 valence electrons. The van der Waals surface area contributed by atoms with E-state index in [1.54, 1.807) is 0 Å². The zero-order chi connectivity index (χ0) is 53.2. The van der Waals surface area contributed by atoms with Gasteiger partial charge >= 0.3 is 0 Å². The van der Waals surface area contributed by atoms with Gasteiger partial charge < -0.3 is 9.80 Å². The van der Waals surface area contributed by atoms with Crippen LogP contribution in [-0.2, 0) is 21.7 Å². The van der Waals surface area contributed by atoms with Crippen LogP contribution in [0, 0.1) is 0 Å². The quantitative estimate of drug-likeness (QED) is 0.0989. The van der Waals surface area contributed by atoms with Gasteiger partial charge in [0.2, 0.25) is 0 Å². The molecule has 0 spiro atoms. The Kier molecular flexibility index (Phi) is 10.1. The monoisotopic (exact) mass is 995 g/mol. The number of rotatable bonds is 3. The lowest BCUT2D eigenvalue weighted by Gasteiger charge is -2.46. The van der Waals surface area contributed by atoms with Crippen molar-refractivity contribution in [2.45, 2.75) is 105 Å². The molecule has 0 aliphatic carbocycles. The lowest BCUT2D eigenvalue weighted by Crippen LogP contribution is -2.61. The van der Waals surface area contributed by atoms with Crippen LogP contribution in [0.25, 0.3) is 75.8 Å². The Bertz CT molecular complexity index is 4190. The average molecular weight is 995 g/mol. The van der Waals surface area contributed by atoms with Gasteiger partial charge in [0.15, 0.2) is 0 Å². The maximum absolute atomic E-state index is 2.69. The number of fused-ring (bicyclic) bond motifs is 10. The Morgan fingerprint density at radius 1 is 0.299 bits per heavy atom. The van der Waals surface area contributed by atoms with E-state index in [4.69, 9.17) is 0 Å². The topological polar surface area (TPSA) is 6.48 Å². The molecular formula is C74H67BN2. The van der Waals surface area contributed by atoms with Gasteiger partial charge in [-0.05, 0) is 174 Å². The Hall–Kier alpha value is -7.88. The minimum absolute atomic E-state index is 0.0593. The molecule has 0 saturated carbocycles. The van der Waals surface area contributed by atoms with Gasteiger partial charge in [0.25, 0.3) is 6.71 Å². The third-order valence-corrected chi connectivity index (χ3v) is 17.5. The van der Waals surface area contributed by atoms with Crippen LogP contribution < -0.4 is 26.2 Å². The normalized spacial score (nSPS) is 13.9. The summed E-state index contributed by atoms with van der Waals surface area (Å²) in [5.41, 5.74) is 18.7. The molecule has 0 amide bonds. The van der Waals surface area contributed by atoms with E-state index in [1.807, 2.05) is 0 Å². The molecule has 12 aromatic carbocycles. The number of anilines is 6. The van der Waals surface area contributed by atoms with Crippen molar-refractivity contribution < 1.29 is 0 Å². The zero-order valence-electron chi connectivity index (χ0n) is 46.9. The molecule has 2 nitrogen and oxygen atoms in total. The van der Waals surface area contributed by atoms with Gasteiger partial charge in [0, 0.05) is 44.9 Å². The van der Waals surface area contributed by atoms with Crippen molar-refractivity contribution in [2.24, 2.45) is 0 Å². The molecule has 2 aliphatic heterocycles. The van der Waals surface area contributed by atoms with E-state index in [2.05, 4.69) is 281 Å².